The minimum absolute atomic E-state index is 0.115. The summed E-state index contributed by atoms with van der Waals surface area (Å²) in [4.78, 5) is 38.6. The smallest absolute Gasteiger partial charge is 0.331 e. The second-order valence-corrected chi connectivity index (χ2v) is 8.77. The van der Waals surface area contributed by atoms with Crippen molar-refractivity contribution in [2.75, 3.05) is 0 Å². The molecule has 34 heavy (non-hydrogen) atoms. The Kier molecular flexibility index (Phi) is 7.28. The average Bonchev–Trinajstić information content (AvgIpc) is 2.84. The van der Waals surface area contributed by atoms with Gasteiger partial charge in [0.2, 0.25) is 5.91 Å². The maximum absolute atomic E-state index is 13.3. The molecule has 3 aromatic carbocycles. The van der Waals surface area contributed by atoms with Crippen molar-refractivity contribution in [2.45, 2.75) is 39.4 Å². The molecule has 1 N–H and O–H groups in total. The summed E-state index contributed by atoms with van der Waals surface area (Å²) in [6, 6.07) is 22.3. The highest BCUT2D eigenvalue weighted by Gasteiger charge is 2.14. The van der Waals surface area contributed by atoms with Crippen molar-refractivity contribution in [1.29, 1.82) is 0 Å². The zero-order valence-corrected chi connectivity index (χ0v) is 19.7. The number of halogens is 1. The van der Waals surface area contributed by atoms with Gasteiger partial charge in [-0.1, -0.05) is 65.7 Å². The third-order valence-electron chi connectivity index (χ3n) is 5.78. The molecule has 4 rings (SSSR count). The monoisotopic (exact) mass is 475 g/mol. The third kappa shape index (κ3) is 5.46. The zero-order chi connectivity index (χ0) is 24.1. The lowest BCUT2D eigenvalue weighted by Gasteiger charge is -2.14. The van der Waals surface area contributed by atoms with Gasteiger partial charge in [-0.05, 0) is 48.7 Å². The van der Waals surface area contributed by atoms with E-state index in [-0.39, 0.29) is 24.4 Å². The first-order valence-electron chi connectivity index (χ1n) is 11.2. The molecule has 0 aliphatic rings. The van der Waals surface area contributed by atoms with Crippen LogP contribution in [0.2, 0.25) is 5.02 Å². The first-order chi connectivity index (χ1) is 16.4. The Morgan fingerprint density at radius 1 is 0.882 bits per heavy atom. The summed E-state index contributed by atoms with van der Waals surface area (Å²) in [6.07, 6.45) is 0.607. The standard InChI is InChI=1S/C27H26ClN3O3/c1-19-8-10-20(11-9-19)17-29-25(32)7-4-16-30-26(33)23-5-2-3-6-24(23)31(27(30)34)18-21-12-14-22(28)15-13-21/h2-3,5-6,8-15H,4,7,16-18H2,1H3,(H,29,32). The van der Waals surface area contributed by atoms with Crippen LogP contribution < -0.4 is 16.6 Å². The van der Waals surface area contributed by atoms with Crippen molar-refractivity contribution in [2.24, 2.45) is 0 Å². The zero-order valence-electron chi connectivity index (χ0n) is 19.0. The number of hydrogen-bond acceptors (Lipinski definition) is 3. The number of rotatable bonds is 8. The molecule has 0 aliphatic heterocycles. The summed E-state index contributed by atoms with van der Waals surface area (Å²) < 4.78 is 2.82. The first kappa shape index (κ1) is 23.5. The molecule has 174 valence electrons. The Morgan fingerprint density at radius 2 is 1.56 bits per heavy atom. The van der Waals surface area contributed by atoms with Crippen LogP contribution in [0, 0.1) is 6.92 Å². The quantitative estimate of drug-likeness (QED) is 0.413. The summed E-state index contributed by atoms with van der Waals surface area (Å²) >= 11 is 5.99. The predicted octanol–water partition coefficient (Wildman–Crippen LogP) is 4.27. The van der Waals surface area contributed by atoms with Crippen LogP contribution in [0.15, 0.2) is 82.4 Å². The van der Waals surface area contributed by atoms with E-state index in [2.05, 4.69) is 5.32 Å². The maximum atomic E-state index is 13.3. The van der Waals surface area contributed by atoms with Crippen LogP contribution in [-0.4, -0.2) is 15.0 Å². The molecule has 0 atom stereocenters. The number of fused-ring (bicyclic) bond motifs is 1. The van der Waals surface area contributed by atoms with Crippen LogP contribution in [0.3, 0.4) is 0 Å². The lowest BCUT2D eigenvalue weighted by Crippen LogP contribution is -2.40. The van der Waals surface area contributed by atoms with E-state index in [4.69, 9.17) is 11.6 Å². The molecule has 0 spiro atoms. The van der Waals surface area contributed by atoms with E-state index in [1.54, 1.807) is 34.9 Å². The number of aromatic nitrogens is 2. The van der Waals surface area contributed by atoms with E-state index in [0.717, 1.165) is 16.7 Å². The molecule has 1 heterocycles. The van der Waals surface area contributed by atoms with E-state index in [1.165, 1.54) is 4.57 Å². The summed E-state index contributed by atoms with van der Waals surface area (Å²) in [5.41, 5.74) is 2.94. The molecular formula is C27H26ClN3O3. The number of carbonyl (C=O) groups excluding carboxylic acids is 1. The molecule has 0 radical (unpaired) electrons. The van der Waals surface area contributed by atoms with Gasteiger partial charge in [-0.3, -0.25) is 18.7 Å². The Morgan fingerprint density at radius 3 is 2.29 bits per heavy atom. The molecule has 6 nitrogen and oxygen atoms in total. The minimum Gasteiger partial charge on any atom is -0.352 e. The normalized spacial score (nSPS) is 11.0. The molecule has 0 unspecified atom stereocenters. The Labute approximate surface area is 202 Å². The van der Waals surface area contributed by atoms with Gasteiger partial charge in [-0.2, -0.15) is 0 Å². The van der Waals surface area contributed by atoms with Crippen molar-refractivity contribution >= 4 is 28.4 Å². The summed E-state index contributed by atoms with van der Waals surface area (Å²) in [6.45, 7) is 2.94. The highest BCUT2D eigenvalue weighted by Crippen LogP contribution is 2.13. The topological polar surface area (TPSA) is 73.1 Å². The van der Waals surface area contributed by atoms with E-state index in [9.17, 15) is 14.4 Å². The first-order valence-corrected chi connectivity index (χ1v) is 11.6. The van der Waals surface area contributed by atoms with Crippen LogP contribution in [0.5, 0.6) is 0 Å². The molecule has 1 amide bonds. The highest BCUT2D eigenvalue weighted by atomic mass is 35.5. The van der Waals surface area contributed by atoms with Gasteiger partial charge in [0.1, 0.15) is 0 Å². The number of carbonyl (C=O) groups is 1. The van der Waals surface area contributed by atoms with E-state index < -0.39 is 5.69 Å². The van der Waals surface area contributed by atoms with Crippen LogP contribution in [0.1, 0.15) is 29.5 Å². The predicted molar refractivity (Wildman–Crippen MR) is 135 cm³/mol. The van der Waals surface area contributed by atoms with Crippen LogP contribution in [-0.2, 0) is 24.4 Å². The lowest BCUT2D eigenvalue weighted by atomic mass is 10.1. The minimum atomic E-state index is -0.390. The number of aryl methyl sites for hydroxylation is 1. The van der Waals surface area contributed by atoms with Gasteiger partial charge in [-0.15, -0.1) is 0 Å². The number of nitrogens with zero attached hydrogens (tertiary/aromatic N) is 2. The molecule has 0 saturated carbocycles. The SMILES string of the molecule is Cc1ccc(CNC(=O)CCCn2c(=O)c3ccccc3n(Cc3ccc(Cl)cc3)c2=O)cc1. The van der Waals surface area contributed by atoms with Crippen molar-refractivity contribution in [3.8, 4) is 0 Å². The Balaban J connectivity index is 1.50. The number of nitrogens with one attached hydrogen (secondary N) is 1. The van der Waals surface area contributed by atoms with Crippen LogP contribution in [0.4, 0.5) is 0 Å². The Bertz CT molecular complexity index is 1420. The van der Waals surface area contributed by atoms with Crippen molar-refractivity contribution in [1.82, 2.24) is 14.5 Å². The van der Waals surface area contributed by atoms with Crippen LogP contribution in [0.25, 0.3) is 10.9 Å². The third-order valence-corrected chi connectivity index (χ3v) is 6.03. The average molecular weight is 476 g/mol. The number of amides is 1. The second-order valence-electron chi connectivity index (χ2n) is 8.34. The van der Waals surface area contributed by atoms with Gasteiger partial charge in [0.25, 0.3) is 5.56 Å². The molecule has 4 aromatic rings. The van der Waals surface area contributed by atoms with Gasteiger partial charge in [-0.25, -0.2) is 4.79 Å². The summed E-state index contributed by atoms with van der Waals surface area (Å²) in [5, 5.41) is 3.98. The molecule has 0 bridgehead atoms. The van der Waals surface area contributed by atoms with Crippen LogP contribution >= 0.6 is 11.6 Å². The largest absolute Gasteiger partial charge is 0.352 e. The van der Waals surface area contributed by atoms with Gasteiger partial charge >= 0.3 is 5.69 Å². The summed E-state index contributed by atoms with van der Waals surface area (Å²) in [5.74, 6) is -0.115. The highest BCUT2D eigenvalue weighted by molar-refractivity contribution is 6.30. The second kappa shape index (κ2) is 10.5. The van der Waals surface area contributed by atoms with Gasteiger partial charge in [0.15, 0.2) is 0 Å². The van der Waals surface area contributed by atoms with Crippen molar-refractivity contribution < 1.29 is 4.79 Å². The molecular weight excluding hydrogens is 450 g/mol. The fourth-order valence-electron chi connectivity index (χ4n) is 3.89. The number of para-hydroxylation sites is 1. The number of hydrogen-bond donors (Lipinski definition) is 1. The fraction of sp³-hybridized carbons (Fsp3) is 0.222. The number of benzene rings is 3. The fourth-order valence-corrected chi connectivity index (χ4v) is 4.01. The van der Waals surface area contributed by atoms with Gasteiger partial charge < -0.3 is 5.32 Å². The molecule has 0 fully saturated rings. The summed E-state index contributed by atoms with van der Waals surface area (Å²) in [7, 11) is 0. The lowest BCUT2D eigenvalue weighted by molar-refractivity contribution is -0.121. The van der Waals surface area contributed by atoms with Crippen molar-refractivity contribution in [3.05, 3.63) is 115 Å². The van der Waals surface area contributed by atoms with E-state index in [1.807, 2.05) is 49.4 Å². The molecule has 0 aliphatic carbocycles. The van der Waals surface area contributed by atoms with Crippen molar-refractivity contribution in [3.63, 3.8) is 0 Å². The van der Waals surface area contributed by atoms with E-state index in [0.29, 0.717) is 35.4 Å². The van der Waals surface area contributed by atoms with E-state index >= 15 is 0 Å². The molecule has 0 saturated heterocycles. The van der Waals surface area contributed by atoms with Gasteiger partial charge in [0, 0.05) is 24.5 Å². The Hall–Kier alpha value is -3.64. The van der Waals surface area contributed by atoms with Gasteiger partial charge in [0.05, 0.1) is 17.4 Å². The molecule has 7 heteroatoms. The maximum Gasteiger partial charge on any atom is 0.331 e. The molecule has 1 aromatic heterocycles.